The van der Waals surface area contributed by atoms with Gasteiger partial charge in [0, 0.05) is 29.7 Å². The van der Waals surface area contributed by atoms with Crippen LogP contribution in [0.5, 0.6) is 0 Å². The van der Waals surface area contributed by atoms with Gasteiger partial charge in [0.1, 0.15) is 18.0 Å². The first-order valence-electron chi connectivity index (χ1n) is 15.9. The number of allylic oxidation sites excluding steroid dienone is 2. The molecule has 41 heavy (non-hydrogen) atoms. The second-order valence-corrected chi connectivity index (χ2v) is 16.2. The summed E-state index contributed by atoms with van der Waals surface area (Å²) in [5.41, 5.74) is -1.16. The van der Waals surface area contributed by atoms with Gasteiger partial charge < -0.3 is 14.8 Å². The van der Waals surface area contributed by atoms with Crippen LogP contribution in [0.25, 0.3) is 0 Å². The van der Waals surface area contributed by atoms with Crippen LogP contribution in [0.1, 0.15) is 99.3 Å². The van der Waals surface area contributed by atoms with Crippen molar-refractivity contribution < 1.29 is 23.9 Å². The van der Waals surface area contributed by atoms with E-state index >= 15 is 0 Å². The predicted molar refractivity (Wildman–Crippen MR) is 153 cm³/mol. The molecule has 5 aliphatic carbocycles. The van der Waals surface area contributed by atoms with Crippen molar-refractivity contribution in [2.75, 3.05) is 13.2 Å². The standard InChI is InChI=1S/C34H48N2O5/c1-30(2)12-13-34(36-29(39)41-21-9-14-40-19-21)11-7-22-27(23(34)17-30)24(37)15-26-32(22,5)10-8-25-31(3,4)28(38)20(18-35)16-33(25,26)6/h16,21-23,25-27H,7-15,17,19H2,1-6H3,(H,36,39). The van der Waals surface area contributed by atoms with Gasteiger partial charge in [-0.3, -0.25) is 9.59 Å². The number of hydrogen-bond acceptors (Lipinski definition) is 6. The van der Waals surface area contributed by atoms with Gasteiger partial charge in [0.15, 0.2) is 5.78 Å². The lowest BCUT2D eigenvalue weighted by molar-refractivity contribution is -0.184. The number of hydrogen-bond donors (Lipinski definition) is 1. The van der Waals surface area contributed by atoms with E-state index in [0.717, 1.165) is 51.4 Å². The molecule has 6 aliphatic rings. The first kappa shape index (κ1) is 28.9. The third-order valence-corrected chi connectivity index (χ3v) is 13.2. The number of rotatable bonds is 2. The summed E-state index contributed by atoms with van der Waals surface area (Å²) in [5, 5.41) is 13.3. The van der Waals surface area contributed by atoms with Crippen molar-refractivity contribution >= 4 is 17.7 Å². The monoisotopic (exact) mass is 564 g/mol. The number of carbonyl (C=O) groups is 3. The minimum absolute atomic E-state index is 0.0555. The van der Waals surface area contributed by atoms with Crippen LogP contribution in [0.2, 0.25) is 0 Å². The van der Waals surface area contributed by atoms with E-state index in [2.05, 4.69) is 39.1 Å². The van der Waals surface area contributed by atoms with E-state index in [-0.39, 0.29) is 69.4 Å². The number of alkyl carbamates (subject to hydrolysis) is 1. The second-order valence-electron chi connectivity index (χ2n) is 16.2. The molecule has 0 aromatic carbocycles. The fourth-order valence-corrected chi connectivity index (χ4v) is 11.1. The van der Waals surface area contributed by atoms with E-state index in [1.54, 1.807) is 0 Å². The van der Waals surface area contributed by atoms with Crippen molar-refractivity contribution in [1.29, 1.82) is 5.26 Å². The van der Waals surface area contributed by atoms with Crippen molar-refractivity contribution in [3.05, 3.63) is 11.6 Å². The summed E-state index contributed by atoms with van der Waals surface area (Å²) in [5.74, 6) is 0.642. The molecule has 7 heteroatoms. The maximum Gasteiger partial charge on any atom is 0.407 e. The quantitative estimate of drug-likeness (QED) is 0.430. The van der Waals surface area contributed by atoms with Crippen LogP contribution in [0.4, 0.5) is 4.79 Å². The second kappa shape index (κ2) is 9.40. The Morgan fingerprint density at radius 2 is 1.76 bits per heavy atom. The Bertz CT molecular complexity index is 1220. The summed E-state index contributed by atoms with van der Waals surface area (Å²) in [4.78, 5) is 41.0. The Kier molecular flexibility index (Phi) is 6.62. The van der Waals surface area contributed by atoms with Crippen molar-refractivity contribution in [3.8, 4) is 6.07 Å². The fraction of sp³-hybridized carbons (Fsp3) is 0.824. The number of ether oxygens (including phenoxy) is 2. The molecular formula is C34H48N2O5. The van der Waals surface area contributed by atoms with Crippen molar-refractivity contribution in [2.45, 2.75) is 111 Å². The molecule has 0 aromatic heterocycles. The molecular weight excluding hydrogens is 516 g/mol. The van der Waals surface area contributed by atoms with Crippen LogP contribution in [-0.2, 0) is 19.1 Å². The maximum absolute atomic E-state index is 14.5. The highest BCUT2D eigenvalue weighted by Gasteiger charge is 2.68. The van der Waals surface area contributed by atoms with Gasteiger partial charge in [0.05, 0.1) is 18.8 Å². The Morgan fingerprint density at radius 3 is 2.44 bits per heavy atom. The molecule has 1 heterocycles. The molecule has 1 N–H and O–H groups in total. The molecule has 1 aliphatic heterocycles. The zero-order valence-corrected chi connectivity index (χ0v) is 25.8. The molecule has 5 fully saturated rings. The molecule has 1 saturated heterocycles. The normalized spacial score (nSPS) is 46.1. The smallest absolute Gasteiger partial charge is 0.407 e. The first-order valence-corrected chi connectivity index (χ1v) is 15.9. The lowest BCUT2D eigenvalue weighted by Gasteiger charge is -2.68. The Hall–Kier alpha value is -2.20. The molecule has 0 aromatic rings. The number of fused-ring (bicyclic) bond motifs is 7. The molecule has 6 rings (SSSR count). The Balaban J connectivity index is 1.35. The lowest BCUT2D eigenvalue weighted by atomic mass is 9.36. The molecule has 9 atom stereocenters. The zero-order valence-electron chi connectivity index (χ0n) is 25.8. The molecule has 0 bridgehead atoms. The molecule has 1 amide bonds. The number of amides is 1. The SMILES string of the molecule is CC1(C)CCC2(NC(=O)OC3CCOC3)CCC3C(C(=O)CC4C5(C)C=C(C#N)C(=O)C(C)(C)C5CCC34C)C2C1. The molecule has 9 unspecified atom stereocenters. The van der Waals surface area contributed by atoms with E-state index in [0.29, 0.717) is 25.4 Å². The van der Waals surface area contributed by atoms with Crippen LogP contribution in [0.15, 0.2) is 11.6 Å². The summed E-state index contributed by atoms with van der Waals surface area (Å²) in [6.07, 6.45) is 9.02. The molecule has 0 radical (unpaired) electrons. The average molecular weight is 565 g/mol. The van der Waals surface area contributed by atoms with Gasteiger partial charge in [0.2, 0.25) is 0 Å². The van der Waals surface area contributed by atoms with Gasteiger partial charge >= 0.3 is 6.09 Å². The van der Waals surface area contributed by atoms with E-state index in [1.807, 2.05) is 19.9 Å². The van der Waals surface area contributed by atoms with Gasteiger partial charge in [-0.05, 0) is 84.9 Å². The van der Waals surface area contributed by atoms with Crippen LogP contribution < -0.4 is 5.32 Å². The van der Waals surface area contributed by atoms with Gasteiger partial charge in [-0.25, -0.2) is 4.79 Å². The minimum atomic E-state index is -0.625. The topological polar surface area (TPSA) is 105 Å². The number of nitrogens with one attached hydrogen (secondary N) is 1. The van der Waals surface area contributed by atoms with Gasteiger partial charge in [0.25, 0.3) is 0 Å². The molecule has 224 valence electrons. The third-order valence-electron chi connectivity index (χ3n) is 13.2. The van der Waals surface area contributed by atoms with Crippen molar-refractivity contribution in [2.24, 2.45) is 51.2 Å². The summed E-state index contributed by atoms with van der Waals surface area (Å²) >= 11 is 0. The molecule has 7 nitrogen and oxygen atoms in total. The maximum atomic E-state index is 14.5. The molecule has 4 saturated carbocycles. The first-order chi connectivity index (χ1) is 19.2. The van der Waals surface area contributed by atoms with Crippen LogP contribution in [-0.4, -0.2) is 42.5 Å². The summed E-state index contributed by atoms with van der Waals surface area (Å²) in [6, 6.07) is 2.20. The number of carbonyl (C=O) groups excluding carboxylic acids is 3. The van der Waals surface area contributed by atoms with E-state index in [1.165, 1.54) is 0 Å². The van der Waals surface area contributed by atoms with Crippen molar-refractivity contribution in [3.63, 3.8) is 0 Å². The third kappa shape index (κ3) is 4.25. The van der Waals surface area contributed by atoms with Crippen LogP contribution in [0.3, 0.4) is 0 Å². The van der Waals surface area contributed by atoms with E-state index < -0.39 is 11.0 Å². The number of nitriles is 1. The van der Waals surface area contributed by atoms with Crippen molar-refractivity contribution in [1.82, 2.24) is 5.32 Å². The van der Waals surface area contributed by atoms with E-state index in [4.69, 9.17) is 9.47 Å². The van der Waals surface area contributed by atoms with E-state index in [9.17, 15) is 19.6 Å². The van der Waals surface area contributed by atoms with Gasteiger partial charge in [-0.15, -0.1) is 0 Å². The summed E-state index contributed by atoms with van der Waals surface area (Å²) in [7, 11) is 0. The lowest BCUT2D eigenvalue weighted by Crippen LogP contribution is -2.69. The van der Waals surface area contributed by atoms with Crippen LogP contribution >= 0.6 is 0 Å². The minimum Gasteiger partial charge on any atom is -0.444 e. The van der Waals surface area contributed by atoms with Crippen LogP contribution in [0, 0.1) is 62.6 Å². The highest BCUT2D eigenvalue weighted by molar-refractivity contribution is 6.04. The molecule has 0 spiro atoms. The Morgan fingerprint density at radius 1 is 1.00 bits per heavy atom. The van der Waals surface area contributed by atoms with Gasteiger partial charge in [-0.2, -0.15) is 5.26 Å². The largest absolute Gasteiger partial charge is 0.444 e. The number of ketones is 2. The number of Topliss-reactive ketones (excluding diaryl/α,β-unsaturated/α-hetero) is 2. The Labute approximate surface area is 245 Å². The fourth-order valence-electron chi connectivity index (χ4n) is 11.1. The average Bonchev–Trinajstić information content (AvgIpc) is 3.40. The highest BCUT2D eigenvalue weighted by atomic mass is 16.6. The predicted octanol–water partition coefficient (Wildman–Crippen LogP) is 6.16. The van der Waals surface area contributed by atoms with Gasteiger partial charge in [-0.1, -0.05) is 47.6 Å². The number of nitrogens with zero attached hydrogens (tertiary/aromatic N) is 1. The summed E-state index contributed by atoms with van der Waals surface area (Å²) < 4.78 is 11.2. The zero-order chi connectivity index (χ0) is 29.6. The summed E-state index contributed by atoms with van der Waals surface area (Å²) in [6.45, 7) is 14.3. The highest BCUT2D eigenvalue weighted by Crippen LogP contribution is 2.70.